The van der Waals surface area contributed by atoms with Gasteiger partial charge in [0.2, 0.25) is 0 Å². The van der Waals surface area contributed by atoms with Crippen LogP contribution >= 0.6 is 0 Å². The SMILES string of the molecule is Cc1cccc(C(=O)N2CC[C@](Cc3ccccc3)(C(=O)O)[C@H](O)C2)n1. The largest absolute Gasteiger partial charge is 0.481 e. The molecule has 136 valence electrons. The van der Waals surface area contributed by atoms with Crippen molar-refractivity contribution in [3.8, 4) is 0 Å². The third kappa shape index (κ3) is 3.46. The van der Waals surface area contributed by atoms with Crippen LogP contribution in [0.3, 0.4) is 0 Å². The Morgan fingerprint density at radius 3 is 2.54 bits per heavy atom. The van der Waals surface area contributed by atoms with Crippen molar-refractivity contribution in [3.05, 3.63) is 65.5 Å². The number of aryl methyl sites for hydroxylation is 1. The second-order valence-corrected chi connectivity index (χ2v) is 6.80. The highest BCUT2D eigenvalue weighted by Crippen LogP contribution is 2.36. The number of hydrogen-bond acceptors (Lipinski definition) is 4. The molecule has 0 radical (unpaired) electrons. The summed E-state index contributed by atoms with van der Waals surface area (Å²) >= 11 is 0. The number of aliphatic hydroxyl groups excluding tert-OH is 1. The fraction of sp³-hybridized carbons (Fsp3) is 0.350. The van der Waals surface area contributed by atoms with E-state index in [-0.39, 0.29) is 31.8 Å². The van der Waals surface area contributed by atoms with Crippen molar-refractivity contribution in [2.24, 2.45) is 5.41 Å². The molecule has 0 saturated carbocycles. The Labute approximate surface area is 152 Å². The summed E-state index contributed by atoms with van der Waals surface area (Å²) in [7, 11) is 0. The molecule has 1 aliphatic heterocycles. The molecule has 2 heterocycles. The maximum Gasteiger partial charge on any atom is 0.312 e. The first-order valence-corrected chi connectivity index (χ1v) is 8.61. The summed E-state index contributed by atoms with van der Waals surface area (Å²) in [6.45, 7) is 2.05. The van der Waals surface area contributed by atoms with E-state index in [2.05, 4.69) is 4.98 Å². The maximum absolute atomic E-state index is 12.6. The number of rotatable bonds is 4. The zero-order valence-corrected chi connectivity index (χ0v) is 14.6. The van der Waals surface area contributed by atoms with Crippen LogP contribution in [0.5, 0.6) is 0 Å². The number of aliphatic carboxylic acids is 1. The minimum Gasteiger partial charge on any atom is -0.481 e. The van der Waals surface area contributed by atoms with Gasteiger partial charge in [-0.25, -0.2) is 4.98 Å². The molecule has 1 aliphatic rings. The van der Waals surface area contributed by atoms with Gasteiger partial charge >= 0.3 is 5.97 Å². The van der Waals surface area contributed by atoms with Crippen LogP contribution in [0.4, 0.5) is 0 Å². The predicted octanol–water partition coefficient (Wildman–Crippen LogP) is 1.91. The Morgan fingerprint density at radius 1 is 1.19 bits per heavy atom. The number of amides is 1. The monoisotopic (exact) mass is 354 g/mol. The zero-order chi connectivity index (χ0) is 18.7. The third-order valence-corrected chi connectivity index (χ3v) is 5.04. The van der Waals surface area contributed by atoms with Crippen molar-refractivity contribution in [3.63, 3.8) is 0 Å². The standard InChI is InChI=1S/C20H22N2O4/c1-14-6-5-9-16(21-14)18(24)22-11-10-20(19(25)26,17(23)13-22)12-15-7-3-2-4-8-15/h2-9,17,23H,10-13H2,1H3,(H,25,26)/t17-,20-/m1/s1. The lowest BCUT2D eigenvalue weighted by Crippen LogP contribution is -2.57. The summed E-state index contributed by atoms with van der Waals surface area (Å²) in [5.74, 6) is -1.32. The van der Waals surface area contributed by atoms with E-state index in [9.17, 15) is 19.8 Å². The fourth-order valence-corrected chi connectivity index (χ4v) is 3.48. The first-order valence-electron chi connectivity index (χ1n) is 8.61. The number of piperidine rings is 1. The summed E-state index contributed by atoms with van der Waals surface area (Å²) in [5, 5.41) is 20.5. The van der Waals surface area contributed by atoms with Gasteiger partial charge in [0.15, 0.2) is 0 Å². The fourth-order valence-electron chi connectivity index (χ4n) is 3.48. The van der Waals surface area contributed by atoms with E-state index in [1.807, 2.05) is 30.3 Å². The number of likely N-dealkylation sites (tertiary alicyclic amines) is 1. The van der Waals surface area contributed by atoms with Crippen molar-refractivity contribution in [2.75, 3.05) is 13.1 Å². The van der Waals surface area contributed by atoms with Crippen LogP contribution in [0.25, 0.3) is 0 Å². The van der Waals surface area contributed by atoms with Crippen molar-refractivity contribution in [1.82, 2.24) is 9.88 Å². The average Bonchev–Trinajstić information content (AvgIpc) is 2.63. The molecule has 2 aromatic rings. The highest BCUT2D eigenvalue weighted by atomic mass is 16.4. The van der Waals surface area contributed by atoms with Crippen LogP contribution < -0.4 is 0 Å². The Balaban J connectivity index is 1.79. The molecule has 6 heteroatoms. The summed E-state index contributed by atoms with van der Waals surface area (Å²) in [6.07, 6.45) is -0.729. The smallest absolute Gasteiger partial charge is 0.312 e. The first-order chi connectivity index (χ1) is 12.4. The third-order valence-electron chi connectivity index (χ3n) is 5.04. The van der Waals surface area contributed by atoms with Gasteiger partial charge < -0.3 is 15.1 Å². The van der Waals surface area contributed by atoms with Gasteiger partial charge in [-0.15, -0.1) is 0 Å². The molecule has 1 saturated heterocycles. The number of carbonyl (C=O) groups excluding carboxylic acids is 1. The lowest BCUT2D eigenvalue weighted by Gasteiger charge is -2.42. The van der Waals surface area contributed by atoms with Crippen LogP contribution in [-0.4, -0.2) is 51.2 Å². The van der Waals surface area contributed by atoms with Crippen molar-refractivity contribution in [1.29, 1.82) is 0 Å². The Bertz CT molecular complexity index is 808. The first kappa shape index (κ1) is 18.1. The Hall–Kier alpha value is -2.73. The number of carboxylic acids is 1. The summed E-state index contributed by atoms with van der Waals surface area (Å²) in [5.41, 5.74) is 0.604. The van der Waals surface area contributed by atoms with E-state index in [1.54, 1.807) is 25.1 Å². The maximum atomic E-state index is 12.6. The van der Waals surface area contributed by atoms with E-state index in [0.717, 1.165) is 11.3 Å². The molecular weight excluding hydrogens is 332 g/mol. The highest BCUT2D eigenvalue weighted by Gasteiger charge is 2.49. The molecule has 0 aliphatic carbocycles. The molecule has 2 N–H and O–H groups in total. The number of benzene rings is 1. The molecule has 3 rings (SSSR count). The van der Waals surface area contributed by atoms with Gasteiger partial charge in [-0.3, -0.25) is 9.59 Å². The van der Waals surface area contributed by atoms with E-state index in [0.29, 0.717) is 5.69 Å². The van der Waals surface area contributed by atoms with Crippen LogP contribution in [-0.2, 0) is 11.2 Å². The number of carboxylic acid groups (broad SMARTS) is 1. The van der Waals surface area contributed by atoms with Gasteiger partial charge in [0, 0.05) is 18.8 Å². The van der Waals surface area contributed by atoms with E-state index < -0.39 is 17.5 Å². The number of β-amino-alcohol motifs (C(OH)–C–C–N with tert-alkyl or cyclic N) is 1. The normalized spacial score (nSPS) is 22.8. The second kappa shape index (κ2) is 7.25. The van der Waals surface area contributed by atoms with Crippen molar-refractivity contribution >= 4 is 11.9 Å². The second-order valence-electron chi connectivity index (χ2n) is 6.80. The van der Waals surface area contributed by atoms with E-state index >= 15 is 0 Å². The minimum absolute atomic E-state index is 0.0202. The van der Waals surface area contributed by atoms with E-state index in [1.165, 1.54) is 4.90 Å². The van der Waals surface area contributed by atoms with E-state index in [4.69, 9.17) is 0 Å². The molecule has 1 aromatic heterocycles. The number of hydrogen-bond donors (Lipinski definition) is 2. The molecule has 26 heavy (non-hydrogen) atoms. The predicted molar refractivity (Wildman–Crippen MR) is 95.7 cm³/mol. The van der Waals surface area contributed by atoms with Crippen LogP contribution in [0.15, 0.2) is 48.5 Å². The number of carbonyl (C=O) groups is 2. The van der Waals surface area contributed by atoms with Gasteiger partial charge in [-0.2, -0.15) is 0 Å². The summed E-state index contributed by atoms with van der Waals surface area (Å²) in [4.78, 5) is 30.4. The average molecular weight is 354 g/mol. The molecule has 0 bridgehead atoms. The number of pyridine rings is 1. The molecule has 2 atom stereocenters. The van der Waals surface area contributed by atoms with Gasteiger partial charge in [0.05, 0.1) is 6.10 Å². The number of aliphatic hydroxyl groups is 1. The van der Waals surface area contributed by atoms with Crippen molar-refractivity contribution in [2.45, 2.75) is 25.9 Å². The molecule has 1 fully saturated rings. The Morgan fingerprint density at radius 2 is 1.92 bits per heavy atom. The molecule has 0 spiro atoms. The van der Waals surface area contributed by atoms with Gasteiger partial charge in [-0.1, -0.05) is 36.4 Å². The van der Waals surface area contributed by atoms with Gasteiger partial charge in [-0.05, 0) is 37.5 Å². The van der Waals surface area contributed by atoms with Crippen LogP contribution in [0, 0.1) is 12.3 Å². The highest BCUT2D eigenvalue weighted by molar-refractivity contribution is 5.92. The minimum atomic E-state index is -1.29. The van der Waals surface area contributed by atoms with Crippen LogP contribution in [0.2, 0.25) is 0 Å². The summed E-state index contributed by atoms with van der Waals surface area (Å²) in [6, 6.07) is 14.5. The zero-order valence-electron chi connectivity index (χ0n) is 14.6. The molecule has 0 unspecified atom stereocenters. The number of nitrogens with zero attached hydrogens (tertiary/aromatic N) is 2. The van der Waals surface area contributed by atoms with Crippen LogP contribution in [0.1, 0.15) is 28.2 Å². The number of aromatic nitrogens is 1. The Kier molecular flexibility index (Phi) is 5.04. The molecular formula is C20H22N2O4. The van der Waals surface area contributed by atoms with Gasteiger partial charge in [0.25, 0.3) is 5.91 Å². The molecule has 6 nitrogen and oxygen atoms in total. The lowest BCUT2D eigenvalue weighted by molar-refractivity contribution is -0.161. The molecule has 1 aromatic carbocycles. The quantitative estimate of drug-likeness (QED) is 0.875. The van der Waals surface area contributed by atoms with Crippen molar-refractivity contribution < 1.29 is 19.8 Å². The lowest BCUT2D eigenvalue weighted by atomic mass is 9.71. The molecule has 1 amide bonds. The topological polar surface area (TPSA) is 90.7 Å². The summed E-state index contributed by atoms with van der Waals surface area (Å²) < 4.78 is 0. The van der Waals surface area contributed by atoms with Gasteiger partial charge in [0.1, 0.15) is 11.1 Å².